The van der Waals surface area contributed by atoms with E-state index in [-0.39, 0.29) is 23.3 Å². The van der Waals surface area contributed by atoms with Crippen LogP contribution in [0.5, 0.6) is 0 Å². The summed E-state index contributed by atoms with van der Waals surface area (Å²) in [7, 11) is -4.15. The van der Waals surface area contributed by atoms with Gasteiger partial charge in [0.25, 0.3) is 10.0 Å². The minimum Gasteiger partial charge on any atom is -0.354 e. The van der Waals surface area contributed by atoms with Crippen molar-refractivity contribution >= 4 is 39.1 Å². The van der Waals surface area contributed by atoms with Crippen LogP contribution >= 0.6 is 11.6 Å². The molecule has 7 nitrogen and oxygen atoms in total. The highest BCUT2D eigenvalue weighted by atomic mass is 35.5. The quantitative estimate of drug-likeness (QED) is 0.295. The zero-order chi connectivity index (χ0) is 29.4. The molecule has 0 aliphatic rings. The number of nitrogens with one attached hydrogen (secondary N) is 1. The molecule has 2 amide bonds. The SMILES string of the molecule is CCC(C(=O)NCC(C)C)N(Cc1cccc(C)c1)C(=O)CN(c1cc(Cl)ccc1C)S(=O)(=O)c1ccccc1. The number of amides is 2. The summed E-state index contributed by atoms with van der Waals surface area (Å²) >= 11 is 6.28. The molecule has 0 heterocycles. The fourth-order valence-electron chi connectivity index (χ4n) is 4.43. The lowest BCUT2D eigenvalue weighted by molar-refractivity contribution is -0.140. The number of carbonyl (C=O) groups is 2. The lowest BCUT2D eigenvalue weighted by Crippen LogP contribution is -2.52. The largest absolute Gasteiger partial charge is 0.354 e. The smallest absolute Gasteiger partial charge is 0.264 e. The first-order valence-electron chi connectivity index (χ1n) is 13.4. The summed E-state index contributed by atoms with van der Waals surface area (Å²) in [6.07, 6.45) is 0.364. The van der Waals surface area contributed by atoms with Crippen LogP contribution in [0.4, 0.5) is 5.69 Å². The molecular formula is C31H38ClN3O4S. The third-order valence-electron chi connectivity index (χ3n) is 6.56. The molecule has 3 aromatic carbocycles. The van der Waals surface area contributed by atoms with Crippen LogP contribution < -0.4 is 9.62 Å². The van der Waals surface area contributed by atoms with E-state index in [1.165, 1.54) is 17.0 Å². The maximum absolute atomic E-state index is 14.1. The van der Waals surface area contributed by atoms with Gasteiger partial charge < -0.3 is 10.2 Å². The molecule has 0 radical (unpaired) electrons. The molecule has 0 saturated heterocycles. The van der Waals surface area contributed by atoms with E-state index in [9.17, 15) is 18.0 Å². The number of halogens is 1. The highest BCUT2D eigenvalue weighted by molar-refractivity contribution is 7.92. The van der Waals surface area contributed by atoms with E-state index >= 15 is 0 Å². The molecular weight excluding hydrogens is 546 g/mol. The van der Waals surface area contributed by atoms with Crippen LogP contribution in [0.25, 0.3) is 0 Å². The van der Waals surface area contributed by atoms with Crippen LogP contribution in [-0.2, 0) is 26.2 Å². The molecule has 214 valence electrons. The van der Waals surface area contributed by atoms with Crippen molar-refractivity contribution in [2.24, 2.45) is 5.92 Å². The summed E-state index contributed by atoms with van der Waals surface area (Å²) in [6.45, 7) is 9.68. The van der Waals surface area contributed by atoms with Gasteiger partial charge in [0.15, 0.2) is 0 Å². The summed E-state index contributed by atoms with van der Waals surface area (Å²) in [5.74, 6) is -0.528. The predicted octanol–water partition coefficient (Wildman–Crippen LogP) is 5.73. The molecule has 0 bridgehead atoms. The summed E-state index contributed by atoms with van der Waals surface area (Å²) in [4.78, 5) is 29.0. The zero-order valence-corrected chi connectivity index (χ0v) is 25.3. The highest BCUT2D eigenvalue weighted by Gasteiger charge is 2.34. The molecule has 0 saturated carbocycles. The number of sulfonamides is 1. The zero-order valence-electron chi connectivity index (χ0n) is 23.7. The van der Waals surface area contributed by atoms with Crippen molar-refractivity contribution in [2.45, 2.75) is 58.5 Å². The highest BCUT2D eigenvalue weighted by Crippen LogP contribution is 2.30. The second kappa shape index (κ2) is 13.8. The number of rotatable bonds is 12. The lowest BCUT2D eigenvalue weighted by atomic mass is 10.1. The van der Waals surface area contributed by atoms with Gasteiger partial charge in [-0.25, -0.2) is 8.42 Å². The molecule has 3 aromatic rings. The molecule has 1 atom stereocenters. The van der Waals surface area contributed by atoms with Gasteiger partial charge in [0.2, 0.25) is 11.8 Å². The first-order valence-corrected chi connectivity index (χ1v) is 15.2. The van der Waals surface area contributed by atoms with Gasteiger partial charge in [-0.2, -0.15) is 0 Å². The Labute approximate surface area is 243 Å². The molecule has 40 heavy (non-hydrogen) atoms. The minimum atomic E-state index is -4.15. The molecule has 3 rings (SSSR count). The maximum atomic E-state index is 14.1. The number of nitrogens with zero attached hydrogens (tertiary/aromatic N) is 2. The third-order valence-corrected chi connectivity index (χ3v) is 8.56. The Morgan fingerprint density at radius 3 is 2.27 bits per heavy atom. The molecule has 0 aliphatic carbocycles. The number of anilines is 1. The number of benzene rings is 3. The molecule has 1 unspecified atom stereocenters. The van der Waals surface area contributed by atoms with Gasteiger partial charge in [-0.05, 0) is 61.6 Å². The van der Waals surface area contributed by atoms with E-state index in [4.69, 9.17) is 11.6 Å². The second-order valence-corrected chi connectivity index (χ2v) is 12.6. The van der Waals surface area contributed by atoms with E-state index in [1.807, 2.05) is 52.0 Å². The summed E-state index contributed by atoms with van der Waals surface area (Å²) in [6, 6.07) is 19.8. The summed E-state index contributed by atoms with van der Waals surface area (Å²) in [5, 5.41) is 3.29. The van der Waals surface area contributed by atoms with Gasteiger partial charge in [-0.3, -0.25) is 13.9 Å². The lowest BCUT2D eigenvalue weighted by Gasteiger charge is -2.33. The first-order chi connectivity index (χ1) is 18.9. The van der Waals surface area contributed by atoms with Crippen molar-refractivity contribution in [1.29, 1.82) is 0 Å². The van der Waals surface area contributed by atoms with Crippen molar-refractivity contribution in [1.82, 2.24) is 10.2 Å². The predicted molar refractivity (Wildman–Crippen MR) is 161 cm³/mol. The number of hydrogen-bond acceptors (Lipinski definition) is 4. The van der Waals surface area contributed by atoms with Crippen molar-refractivity contribution in [3.05, 3.63) is 94.5 Å². The summed E-state index contributed by atoms with van der Waals surface area (Å²) < 4.78 is 29.0. The van der Waals surface area contributed by atoms with Crippen molar-refractivity contribution < 1.29 is 18.0 Å². The van der Waals surface area contributed by atoms with Crippen molar-refractivity contribution in [3.8, 4) is 0 Å². The van der Waals surface area contributed by atoms with E-state index in [1.54, 1.807) is 43.3 Å². The van der Waals surface area contributed by atoms with Gasteiger partial charge in [0.1, 0.15) is 12.6 Å². The maximum Gasteiger partial charge on any atom is 0.264 e. The van der Waals surface area contributed by atoms with Crippen LogP contribution in [0.1, 0.15) is 43.9 Å². The Hall–Kier alpha value is -3.36. The standard InChI is InChI=1S/C31H38ClN3O4S/c1-6-28(31(37)33-19-22(2)3)34(20-25-12-10-11-23(4)17-25)30(36)21-35(29-18-26(32)16-15-24(29)5)40(38,39)27-13-8-7-9-14-27/h7-18,22,28H,6,19-21H2,1-5H3,(H,33,37). The topological polar surface area (TPSA) is 86.8 Å². The number of aryl methyl sites for hydroxylation is 2. The summed E-state index contributed by atoms with van der Waals surface area (Å²) in [5.41, 5.74) is 2.81. The van der Waals surface area contributed by atoms with Crippen LogP contribution in [0, 0.1) is 19.8 Å². The Morgan fingerprint density at radius 1 is 0.950 bits per heavy atom. The van der Waals surface area contributed by atoms with Crippen molar-refractivity contribution in [2.75, 3.05) is 17.4 Å². The number of hydrogen-bond donors (Lipinski definition) is 1. The van der Waals surface area contributed by atoms with Crippen LogP contribution in [0.15, 0.2) is 77.7 Å². The molecule has 0 spiro atoms. The van der Waals surface area contributed by atoms with E-state index in [2.05, 4.69) is 5.32 Å². The van der Waals surface area contributed by atoms with Crippen LogP contribution in [0.3, 0.4) is 0 Å². The Kier molecular flexibility index (Phi) is 10.8. The van der Waals surface area contributed by atoms with Gasteiger partial charge in [0, 0.05) is 18.1 Å². The average molecular weight is 584 g/mol. The van der Waals surface area contributed by atoms with Gasteiger partial charge in [-0.1, -0.05) is 86.5 Å². The Morgan fingerprint density at radius 2 is 1.65 bits per heavy atom. The number of carbonyl (C=O) groups excluding carboxylic acids is 2. The molecule has 1 N–H and O–H groups in total. The molecule has 0 aliphatic heterocycles. The average Bonchev–Trinajstić information content (AvgIpc) is 2.92. The molecule has 0 fully saturated rings. The fraction of sp³-hybridized carbons (Fsp3) is 0.355. The monoisotopic (exact) mass is 583 g/mol. The Bertz CT molecular complexity index is 1430. The van der Waals surface area contributed by atoms with E-state index in [0.717, 1.165) is 15.4 Å². The first kappa shape index (κ1) is 31.2. The van der Waals surface area contributed by atoms with Gasteiger partial charge in [0.05, 0.1) is 10.6 Å². The fourth-order valence-corrected chi connectivity index (χ4v) is 6.09. The van der Waals surface area contributed by atoms with Gasteiger partial charge >= 0.3 is 0 Å². The normalized spacial score (nSPS) is 12.2. The van der Waals surface area contributed by atoms with E-state index < -0.39 is 28.5 Å². The molecule has 0 aromatic heterocycles. The van der Waals surface area contributed by atoms with E-state index in [0.29, 0.717) is 29.2 Å². The van der Waals surface area contributed by atoms with Gasteiger partial charge in [-0.15, -0.1) is 0 Å². The van der Waals surface area contributed by atoms with Crippen LogP contribution in [-0.4, -0.2) is 44.3 Å². The third kappa shape index (κ3) is 7.86. The molecule has 9 heteroatoms. The van der Waals surface area contributed by atoms with Crippen LogP contribution in [0.2, 0.25) is 5.02 Å². The second-order valence-electron chi connectivity index (χ2n) is 10.3. The minimum absolute atomic E-state index is 0.0501. The van der Waals surface area contributed by atoms with Crippen molar-refractivity contribution in [3.63, 3.8) is 0 Å². The Balaban J connectivity index is 2.08.